The molecular formula is C25H29N5O9. The Hall–Kier alpha value is -4.08. The van der Waals surface area contributed by atoms with Gasteiger partial charge in [0.25, 0.3) is 5.56 Å². The lowest BCUT2D eigenvalue weighted by atomic mass is 10.1. The fourth-order valence-electron chi connectivity index (χ4n) is 3.80. The van der Waals surface area contributed by atoms with Crippen LogP contribution in [0.5, 0.6) is 5.75 Å². The predicted octanol–water partition coefficient (Wildman–Crippen LogP) is -1.32. The fraction of sp³-hybridized carbons (Fsp3) is 0.360. The number of aliphatic hydroxyl groups is 5. The Labute approximate surface area is 220 Å². The van der Waals surface area contributed by atoms with Gasteiger partial charge in [0.1, 0.15) is 24.1 Å². The number of fused-ring (bicyclic) bond motifs is 2. The summed E-state index contributed by atoms with van der Waals surface area (Å²) in [5.41, 5.74) is 1.95. The molecule has 0 fully saturated rings. The zero-order valence-corrected chi connectivity index (χ0v) is 21.4. The zero-order valence-electron chi connectivity index (χ0n) is 21.4. The number of hydrogen-bond acceptors (Lipinski definition) is 12. The summed E-state index contributed by atoms with van der Waals surface area (Å²) in [6.07, 6.45) is -2.80. The molecule has 3 atom stereocenters. The van der Waals surface area contributed by atoms with E-state index in [1.807, 2.05) is 13.8 Å². The molecule has 14 nitrogen and oxygen atoms in total. The molecule has 1 aromatic heterocycles. The predicted molar refractivity (Wildman–Crippen MR) is 138 cm³/mol. The molecular weight excluding hydrogens is 514 g/mol. The van der Waals surface area contributed by atoms with E-state index in [2.05, 4.69) is 19.9 Å². The number of H-pyrrole nitrogens is 1. The van der Waals surface area contributed by atoms with Gasteiger partial charge in [-0.05, 0) is 44.0 Å². The maximum Gasteiger partial charge on any atom is 0.349 e. The largest absolute Gasteiger partial charge is 0.505 e. The maximum atomic E-state index is 12.2. The molecule has 3 heterocycles. The minimum absolute atomic E-state index is 0.0516. The van der Waals surface area contributed by atoms with Gasteiger partial charge >= 0.3 is 5.69 Å². The second-order valence-electron chi connectivity index (χ2n) is 8.91. The molecule has 39 heavy (non-hydrogen) atoms. The Kier molecular flexibility index (Phi) is 9.21. The van der Waals surface area contributed by atoms with Crippen molar-refractivity contribution in [2.24, 2.45) is 0 Å². The van der Waals surface area contributed by atoms with Crippen LogP contribution in [0.3, 0.4) is 0 Å². The van der Waals surface area contributed by atoms with Crippen molar-refractivity contribution in [2.75, 3.05) is 6.61 Å². The summed E-state index contributed by atoms with van der Waals surface area (Å²) >= 11 is 0. The number of aliphatic hydroxyl groups excluding tert-OH is 5. The molecule has 0 bridgehead atoms. The Morgan fingerprint density at radius 2 is 1.69 bits per heavy atom. The van der Waals surface area contributed by atoms with E-state index in [1.165, 1.54) is 10.8 Å². The molecule has 0 aliphatic carbocycles. The molecule has 0 unspecified atom stereocenters. The summed E-state index contributed by atoms with van der Waals surface area (Å²) in [5.74, 6) is -0.208. The highest BCUT2D eigenvalue weighted by Gasteiger charge is 2.27. The Balaban J connectivity index is 0.000000293. The third kappa shape index (κ3) is 6.16. The lowest BCUT2D eigenvalue weighted by Gasteiger charge is -2.25. The number of aromatic hydroxyl groups is 1. The van der Waals surface area contributed by atoms with Gasteiger partial charge in [-0.25, -0.2) is 9.78 Å². The van der Waals surface area contributed by atoms with E-state index < -0.39 is 36.2 Å². The van der Waals surface area contributed by atoms with Gasteiger partial charge in [0.2, 0.25) is 0 Å². The lowest BCUT2D eigenvalue weighted by Crippen LogP contribution is -2.42. The summed E-state index contributed by atoms with van der Waals surface area (Å²) in [6, 6.07) is 3.53. The van der Waals surface area contributed by atoms with Crippen LogP contribution < -0.4 is 11.2 Å². The molecule has 208 valence electrons. The highest BCUT2D eigenvalue weighted by molar-refractivity contribution is 5.82. The van der Waals surface area contributed by atoms with Crippen LogP contribution in [0.15, 0.2) is 27.9 Å². The number of nitrogens with zero attached hydrogens (tertiary/aromatic N) is 4. The molecule has 4 rings (SSSR count). The van der Waals surface area contributed by atoms with E-state index >= 15 is 0 Å². The van der Waals surface area contributed by atoms with Gasteiger partial charge in [-0.3, -0.25) is 19.6 Å². The van der Waals surface area contributed by atoms with Crippen molar-refractivity contribution in [1.29, 1.82) is 0 Å². The van der Waals surface area contributed by atoms with Crippen molar-refractivity contribution in [3.05, 3.63) is 67.1 Å². The van der Waals surface area contributed by atoms with Crippen LogP contribution in [0.25, 0.3) is 22.6 Å². The molecule has 2 aromatic rings. The standard InChI is InChI=1S/C17H20N4O6.C8H9NO3/c1-7-3-9-10(4-8(7)2)21(5-11(23)14(25)12(24)6-22)15-13(18-9)16(26)20-17(27)19-15;1-5-8(12)7(4-11)6(3-10)2-9-5/h3-4,11-12,14,22-25H,5-6H2,1-2H3,(H,20,26,27);2,4,10,12H,3H2,1H3/t11-,12+,14-;/m0./s1. The molecule has 14 heteroatoms. The van der Waals surface area contributed by atoms with Crippen LogP contribution in [-0.4, -0.2) is 86.3 Å². The van der Waals surface area contributed by atoms with Gasteiger partial charge in [-0.2, -0.15) is 4.98 Å². The number of benzene rings is 1. The maximum absolute atomic E-state index is 12.2. The second kappa shape index (κ2) is 12.2. The van der Waals surface area contributed by atoms with Crippen molar-refractivity contribution in [2.45, 2.75) is 52.2 Å². The van der Waals surface area contributed by atoms with E-state index in [-0.39, 0.29) is 36.0 Å². The van der Waals surface area contributed by atoms with Crippen molar-refractivity contribution >= 4 is 17.3 Å². The van der Waals surface area contributed by atoms with E-state index in [1.54, 1.807) is 19.1 Å². The molecule has 2 aliphatic rings. The molecule has 0 radical (unpaired) electrons. The van der Waals surface area contributed by atoms with Crippen molar-refractivity contribution < 1.29 is 35.4 Å². The molecule has 0 saturated heterocycles. The normalized spacial score (nSPS) is 13.5. The molecule has 0 saturated carbocycles. The average molecular weight is 544 g/mol. The number of aromatic nitrogens is 5. The first-order chi connectivity index (χ1) is 18.4. The van der Waals surface area contributed by atoms with Gasteiger partial charge in [-0.15, -0.1) is 0 Å². The molecule has 0 amide bonds. The van der Waals surface area contributed by atoms with Gasteiger partial charge in [0.05, 0.1) is 42.0 Å². The number of carbonyl (C=O) groups is 1. The summed E-state index contributed by atoms with van der Waals surface area (Å²) < 4.78 is 1.40. The van der Waals surface area contributed by atoms with Crippen molar-refractivity contribution in [3.63, 3.8) is 0 Å². The highest BCUT2D eigenvalue weighted by atomic mass is 16.4. The van der Waals surface area contributed by atoms with Crippen molar-refractivity contribution in [1.82, 2.24) is 24.5 Å². The van der Waals surface area contributed by atoms with E-state index in [4.69, 9.17) is 10.2 Å². The van der Waals surface area contributed by atoms with Crippen molar-refractivity contribution in [3.8, 4) is 17.3 Å². The monoisotopic (exact) mass is 543 g/mol. The average Bonchev–Trinajstić information content (AvgIpc) is 2.91. The number of rotatable bonds is 7. The quantitative estimate of drug-likeness (QED) is 0.106. The summed E-state index contributed by atoms with van der Waals surface area (Å²) in [4.78, 5) is 48.2. The topological polar surface area (TPSA) is 232 Å². The van der Waals surface area contributed by atoms with Gasteiger partial charge in [0, 0.05) is 11.8 Å². The third-order valence-electron chi connectivity index (χ3n) is 6.22. The summed E-state index contributed by atoms with van der Waals surface area (Å²) in [6.45, 7) is 4.02. The molecule has 0 spiro atoms. The van der Waals surface area contributed by atoms with Crippen LogP contribution in [0, 0.1) is 20.8 Å². The van der Waals surface area contributed by atoms with Crippen LogP contribution in [0.4, 0.5) is 0 Å². The molecule has 1 aromatic carbocycles. The first-order valence-corrected chi connectivity index (χ1v) is 11.7. The SMILES string of the molecule is Cc1cc2nc3c(=O)[nH]c(=O)nc-3n(C[C@H](O)[C@H](O)[C@H](O)CO)c2cc1C.Cc1ncc(CO)c(C=O)c1O. The Morgan fingerprint density at radius 3 is 2.31 bits per heavy atom. The Morgan fingerprint density at radius 1 is 1.03 bits per heavy atom. The van der Waals surface area contributed by atoms with E-state index in [9.17, 15) is 34.8 Å². The minimum Gasteiger partial charge on any atom is -0.505 e. The van der Waals surface area contributed by atoms with E-state index in [0.29, 0.717) is 28.6 Å². The van der Waals surface area contributed by atoms with Crippen LogP contribution in [-0.2, 0) is 13.2 Å². The number of pyridine rings is 1. The number of nitrogens with one attached hydrogen (secondary N) is 1. The summed E-state index contributed by atoms with van der Waals surface area (Å²) in [5, 5.41) is 56.9. The lowest BCUT2D eigenvalue weighted by molar-refractivity contribution is -0.0802. The van der Waals surface area contributed by atoms with Crippen LogP contribution in [0.2, 0.25) is 0 Å². The Bertz CT molecular complexity index is 1580. The molecule has 2 aliphatic heterocycles. The third-order valence-corrected chi connectivity index (χ3v) is 6.22. The minimum atomic E-state index is -1.64. The van der Waals surface area contributed by atoms with Crippen LogP contribution in [0.1, 0.15) is 32.7 Å². The number of hydrogen-bond donors (Lipinski definition) is 7. The second-order valence-corrected chi connectivity index (χ2v) is 8.91. The molecule has 7 N–H and O–H groups in total. The number of carbonyl (C=O) groups excluding carboxylic acids is 1. The first-order valence-electron chi connectivity index (χ1n) is 11.7. The highest BCUT2D eigenvalue weighted by Crippen LogP contribution is 2.25. The van der Waals surface area contributed by atoms with Gasteiger partial charge in [-0.1, -0.05) is 0 Å². The number of aromatic amines is 1. The fourth-order valence-corrected chi connectivity index (χ4v) is 3.80. The van der Waals surface area contributed by atoms with Gasteiger partial charge < -0.3 is 35.2 Å². The zero-order chi connectivity index (χ0) is 29.0. The first kappa shape index (κ1) is 29.5. The van der Waals surface area contributed by atoms with Gasteiger partial charge in [0.15, 0.2) is 17.8 Å². The van der Waals surface area contributed by atoms with Crippen LogP contribution >= 0.6 is 0 Å². The van der Waals surface area contributed by atoms with E-state index in [0.717, 1.165) is 11.1 Å². The number of aldehydes is 1. The smallest absolute Gasteiger partial charge is 0.349 e. The summed E-state index contributed by atoms with van der Waals surface area (Å²) in [7, 11) is 0. The number of aryl methyl sites for hydroxylation is 3.